The highest BCUT2D eigenvalue weighted by Gasteiger charge is 2.22. The van der Waals surface area contributed by atoms with Crippen molar-refractivity contribution >= 4 is 5.82 Å². The summed E-state index contributed by atoms with van der Waals surface area (Å²) in [5.41, 5.74) is 0. The van der Waals surface area contributed by atoms with Crippen LogP contribution in [0.2, 0.25) is 0 Å². The highest BCUT2D eigenvalue weighted by molar-refractivity contribution is 5.41. The smallest absolute Gasteiger partial charge is 0.134 e. The molecule has 1 aromatic heterocycles. The van der Waals surface area contributed by atoms with Gasteiger partial charge in [-0.15, -0.1) is 0 Å². The van der Waals surface area contributed by atoms with Crippen LogP contribution < -0.4 is 4.90 Å². The molecule has 0 saturated carbocycles. The van der Waals surface area contributed by atoms with E-state index in [4.69, 9.17) is 9.84 Å². The van der Waals surface area contributed by atoms with E-state index in [2.05, 4.69) is 23.7 Å². The molecule has 4 heteroatoms. The fourth-order valence-electron chi connectivity index (χ4n) is 1.93. The minimum absolute atomic E-state index is 0.202. The predicted octanol–water partition coefficient (Wildman–Crippen LogP) is 1.40. The van der Waals surface area contributed by atoms with Gasteiger partial charge in [0.05, 0.1) is 18.4 Å². The molecule has 0 radical (unpaired) electrons. The largest absolute Gasteiger partial charge is 0.506 e. The molecule has 1 N–H and O–H groups in total. The highest BCUT2D eigenvalue weighted by atomic mass is 16.5. The zero-order valence-corrected chi connectivity index (χ0v) is 9.05. The van der Waals surface area contributed by atoms with Crippen LogP contribution in [-0.2, 0) is 4.74 Å². The Kier molecular flexibility index (Phi) is 2.77. The summed E-state index contributed by atoms with van der Waals surface area (Å²) in [7, 11) is 0. The maximum atomic E-state index is 9.15. The molecule has 1 aliphatic heterocycles. The van der Waals surface area contributed by atoms with Gasteiger partial charge in [-0.05, 0) is 26.0 Å². The molecule has 0 aromatic carbocycles. The van der Waals surface area contributed by atoms with E-state index in [1.165, 1.54) is 6.20 Å². The van der Waals surface area contributed by atoms with E-state index in [1.54, 1.807) is 6.07 Å². The zero-order valence-electron chi connectivity index (χ0n) is 9.05. The number of nitrogens with zero attached hydrogens (tertiary/aromatic N) is 2. The van der Waals surface area contributed by atoms with Crippen molar-refractivity contribution in [3.63, 3.8) is 0 Å². The van der Waals surface area contributed by atoms with Gasteiger partial charge in [0.25, 0.3) is 0 Å². The number of morpholine rings is 1. The van der Waals surface area contributed by atoms with Crippen molar-refractivity contribution < 1.29 is 9.84 Å². The topological polar surface area (TPSA) is 45.6 Å². The Labute approximate surface area is 89.5 Å². The van der Waals surface area contributed by atoms with Gasteiger partial charge in [0, 0.05) is 13.1 Å². The van der Waals surface area contributed by atoms with Gasteiger partial charge >= 0.3 is 0 Å². The molecule has 0 aliphatic carbocycles. The number of hydrogen-bond donors (Lipinski definition) is 1. The van der Waals surface area contributed by atoms with Crippen molar-refractivity contribution in [1.82, 2.24) is 4.98 Å². The average Bonchev–Trinajstić information content (AvgIpc) is 2.17. The van der Waals surface area contributed by atoms with E-state index in [0.717, 1.165) is 18.9 Å². The Morgan fingerprint density at radius 3 is 2.53 bits per heavy atom. The fraction of sp³-hybridized carbons (Fsp3) is 0.545. The Morgan fingerprint density at radius 2 is 2.00 bits per heavy atom. The summed E-state index contributed by atoms with van der Waals surface area (Å²) in [6, 6.07) is 3.49. The van der Waals surface area contributed by atoms with Gasteiger partial charge in [-0.3, -0.25) is 0 Å². The Morgan fingerprint density at radius 1 is 1.33 bits per heavy atom. The molecule has 4 nitrogen and oxygen atoms in total. The maximum Gasteiger partial charge on any atom is 0.134 e. The van der Waals surface area contributed by atoms with Crippen molar-refractivity contribution in [1.29, 1.82) is 0 Å². The Hall–Kier alpha value is -1.29. The highest BCUT2D eigenvalue weighted by Crippen LogP contribution is 2.19. The summed E-state index contributed by atoms with van der Waals surface area (Å²) in [6.45, 7) is 5.82. The van der Waals surface area contributed by atoms with Crippen LogP contribution in [0.25, 0.3) is 0 Å². The third-order valence-electron chi connectivity index (χ3n) is 2.48. The Bertz CT molecular complexity index is 316. The van der Waals surface area contributed by atoms with Crippen LogP contribution in [0.5, 0.6) is 5.75 Å². The lowest BCUT2D eigenvalue weighted by Crippen LogP contribution is -2.45. The van der Waals surface area contributed by atoms with Crippen molar-refractivity contribution in [2.75, 3.05) is 18.0 Å². The summed E-state index contributed by atoms with van der Waals surface area (Å²) in [5, 5.41) is 9.15. The minimum atomic E-state index is 0.202. The third kappa shape index (κ3) is 2.39. The standard InChI is InChI=1S/C11H16N2O2/c1-8-6-13(7-9(2)15-8)11-4-3-10(14)5-12-11/h3-5,8-9,14H,6-7H2,1-2H3. The molecule has 82 valence electrons. The molecular formula is C11H16N2O2. The first kappa shape index (κ1) is 10.2. The van der Waals surface area contributed by atoms with Crippen molar-refractivity contribution in [2.24, 2.45) is 0 Å². The van der Waals surface area contributed by atoms with E-state index in [0.29, 0.717) is 0 Å². The molecule has 0 amide bonds. The second kappa shape index (κ2) is 4.06. The number of rotatable bonds is 1. The lowest BCUT2D eigenvalue weighted by atomic mass is 10.2. The molecule has 1 aromatic rings. The second-order valence-electron chi connectivity index (χ2n) is 4.04. The van der Waals surface area contributed by atoms with Gasteiger partial charge in [-0.25, -0.2) is 4.98 Å². The van der Waals surface area contributed by atoms with Gasteiger partial charge in [0.1, 0.15) is 11.6 Å². The quantitative estimate of drug-likeness (QED) is 0.757. The van der Waals surface area contributed by atoms with Crippen molar-refractivity contribution in [3.05, 3.63) is 18.3 Å². The molecule has 2 unspecified atom stereocenters. The summed E-state index contributed by atoms with van der Waals surface area (Å²) >= 11 is 0. The lowest BCUT2D eigenvalue weighted by molar-refractivity contribution is -0.00545. The number of aromatic hydroxyl groups is 1. The van der Waals surface area contributed by atoms with E-state index in [9.17, 15) is 0 Å². The molecule has 1 saturated heterocycles. The van der Waals surface area contributed by atoms with Gasteiger partial charge < -0.3 is 14.7 Å². The summed E-state index contributed by atoms with van der Waals surface area (Å²) in [6.07, 6.45) is 1.92. The van der Waals surface area contributed by atoms with Gasteiger partial charge in [-0.1, -0.05) is 0 Å². The predicted molar refractivity (Wildman–Crippen MR) is 58.1 cm³/mol. The van der Waals surface area contributed by atoms with Gasteiger partial charge in [0.2, 0.25) is 0 Å². The first-order chi connectivity index (χ1) is 7.15. The Balaban J connectivity index is 2.12. The zero-order chi connectivity index (χ0) is 10.8. The monoisotopic (exact) mass is 208 g/mol. The van der Waals surface area contributed by atoms with Crippen LogP contribution in [0, 0.1) is 0 Å². The number of aromatic nitrogens is 1. The molecule has 1 aliphatic rings. The van der Waals surface area contributed by atoms with Crippen molar-refractivity contribution in [3.8, 4) is 5.75 Å². The van der Waals surface area contributed by atoms with E-state index in [1.807, 2.05) is 6.07 Å². The van der Waals surface area contributed by atoms with Crippen LogP contribution in [0.4, 0.5) is 5.82 Å². The molecule has 2 heterocycles. The molecule has 1 fully saturated rings. The van der Waals surface area contributed by atoms with Crippen LogP contribution in [0.15, 0.2) is 18.3 Å². The van der Waals surface area contributed by atoms with Crippen LogP contribution in [-0.4, -0.2) is 35.4 Å². The average molecular weight is 208 g/mol. The van der Waals surface area contributed by atoms with Crippen LogP contribution >= 0.6 is 0 Å². The summed E-state index contributed by atoms with van der Waals surface area (Å²) in [5.74, 6) is 1.10. The second-order valence-corrected chi connectivity index (χ2v) is 4.04. The molecule has 15 heavy (non-hydrogen) atoms. The molecular weight excluding hydrogens is 192 g/mol. The molecule has 2 rings (SSSR count). The maximum absolute atomic E-state index is 9.15. The summed E-state index contributed by atoms with van der Waals surface area (Å²) in [4.78, 5) is 6.37. The minimum Gasteiger partial charge on any atom is -0.506 e. The van der Waals surface area contributed by atoms with Crippen LogP contribution in [0.3, 0.4) is 0 Å². The number of anilines is 1. The van der Waals surface area contributed by atoms with Gasteiger partial charge in [0.15, 0.2) is 0 Å². The first-order valence-corrected chi connectivity index (χ1v) is 5.20. The SMILES string of the molecule is CC1CN(c2ccc(O)cn2)CC(C)O1. The normalized spacial score (nSPS) is 26.7. The fourth-order valence-corrected chi connectivity index (χ4v) is 1.93. The lowest BCUT2D eigenvalue weighted by Gasteiger charge is -2.36. The number of hydrogen-bond acceptors (Lipinski definition) is 4. The van der Waals surface area contributed by atoms with Crippen LogP contribution in [0.1, 0.15) is 13.8 Å². The molecule has 0 bridgehead atoms. The van der Waals surface area contributed by atoms with E-state index >= 15 is 0 Å². The van der Waals surface area contributed by atoms with Crippen molar-refractivity contribution in [2.45, 2.75) is 26.1 Å². The molecule has 2 atom stereocenters. The van der Waals surface area contributed by atoms with E-state index in [-0.39, 0.29) is 18.0 Å². The summed E-state index contributed by atoms with van der Waals surface area (Å²) < 4.78 is 5.64. The number of ether oxygens (including phenoxy) is 1. The first-order valence-electron chi connectivity index (χ1n) is 5.20. The van der Waals surface area contributed by atoms with E-state index < -0.39 is 0 Å². The van der Waals surface area contributed by atoms with Gasteiger partial charge in [-0.2, -0.15) is 0 Å². The third-order valence-corrected chi connectivity index (χ3v) is 2.48. The molecule has 0 spiro atoms. The number of pyridine rings is 1.